The van der Waals surface area contributed by atoms with Gasteiger partial charge in [-0.1, -0.05) is 12.1 Å². The summed E-state index contributed by atoms with van der Waals surface area (Å²) in [5.74, 6) is 1.14. The topological polar surface area (TPSA) is 112 Å². The summed E-state index contributed by atoms with van der Waals surface area (Å²) < 4.78 is 5.94. The number of hydrogen-bond donors (Lipinski definition) is 1. The quantitative estimate of drug-likeness (QED) is 0.449. The summed E-state index contributed by atoms with van der Waals surface area (Å²) in [7, 11) is 0. The van der Waals surface area contributed by atoms with E-state index in [0.717, 1.165) is 17.8 Å². The molecule has 0 aliphatic carbocycles. The van der Waals surface area contributed by atoms with Crippen molar-refractivity contribution in [3.8, 4) is 11.4 Å². The first-order valence-electron chi connectivity index (χ1n) is 11.3. The van der Waals surface area contributed by atoms with Crippen LogP contribution in [0.15, 0.2) is 70.1 Å². The summed E-state index contributed by atoms with van der Waals surface area (Å²) in [5.41, 5.74) is 2.92. The molecule has 0 radical (unpaired) electrons. The monoisotopic (exact) mass is 467 g/mol. The minimum absolute atomic E-state index is 0.0793. The number of hydrogen-bond acceptors (Lipinski definition) is 7. The number of aromatic nitrogens is 3. The maximum absolute atomic E-state index is 12.8. The third-order valence-corrected chi connectivity index (χ3v) is 6.37. The van der Waals surface area contributed by atoms with Crippen molar-refractivity contribution in [3.05, 3.63) is 105 Å². The number of furan rings is 1. The molecule has 1 N–H and O–H groups in total. The van der Waals surface area contributed by atoms with Gasteiger partial charge in [-0.15, -0.1) is 0 Å². The van der Waals surface area contributed by atoms with E-state index in [1.165, 1.54) is 4.90 Å². The second-order valence-corrected chi connectivity index (χ2v) is 8.65. The molecule has 9 heteroatoms. The lowest BCUT2D eigenvalue weighted by atomic mass is 10.1. The van der Waals surface area contributed by atoms with Crippen LogP contribution in [-0.4, -0.2) is 43.1 Å². The van der Waals surface area contributed by atoms with Crippen molar-refractivity contribution >= 4 is 11.8 Å². The molecule has 0 saturated heterocycles. The SMILES string of the molecule is O=C1c2ccccc2C(=O)N1Cc1ccc(CN2CCc3nc(-c4cccnc4)[nH]c(=O)c3C2)o1. The highest BCUT2D eigenvalue weighted by molar-refractivity contribution is 6.21. The van der Waals surface area contributed by atoms with Crippen LogP contribution in [0, 0.1) is 0 Å². The van der Waals surface area contributed by atoms with Crippen LogP contribution in [0.3, 0.4) is 0 Å². The van der Waals surface area contributed by atoms with E-state index in [1.807, 2.05) is 18.2 Å². The summed E-state index contributed by atoms with van der Waals surface area (Å²) >= 11 is 0. The van der Waals surface area contributed by atoms with Crippen LogP contribution in [0.4, 0.5) is 0 Å². The number of aromatic amines is 1. The molecule has 0 spiro atoms. The Bertz CT molecular complexity index is 1470. The zero-order valence-corrected chi connectivity index (χ0v) is 18.7. The van der Waals surface area contributed by atoms with Gasteiger partial charge in [-0.25, -0.2) is 4.98 Å². The lowest BCUT2D eigenvalue weighted by Crippen LogP contribution is -2.35. The van der Waals surface area contributed by atoms with Gasteiger partial charge in [-0.05, 0) is 36.4 Å². The number of fused-ring (bicyclic) bond motifs is 2. The first kappa shape index (κ1) is 21.2. The number of nitrogens with zero attached hydrogens (tertiary/aromatic N) is 4. The molecule has 0 unspecified atom stereocenters. The fraction of sp³-hybridized carbons (Fsp3) is 0.192. The lowest BCUT2D eigenvalue weighted by Gasteiger charge is -2.26. The third-order valence-electron chi connectivity index (χ3n) is 6.37. The number of rotatable bonds is 5. The molecule has 6 rings (SSSR count). The molecule has 174 valence electrons. The molecule has 0 fully saturated rings. The molecule has 3 aromatic heterocycles. The number of imide groups is 1. The minimum Gasteiger partial charge on any atom is -0.463 e. The van der Waals surface area contributed by atoms with Crippen molar-refractivity contribution in [2.45, 2.75) is 26.1 Å². The highest BCUT2D eigenvalue weighted by Crippen LogP contribution is 2.25. The summed E-state index contributed by atoms with van der Waals surface area (Å²) in [4.78, 5) is 52.9. The van der Waals surface area contributed by atoms with E-state index >= 15 is 0 Å². The van der Waals surface area contributed by atoms with E-state index in [0.29, 0.717) is 53.5 Å². The standard InChI is InChI=1S/C26H21N5O4/c32-24-21-15-30(11-9-22(21)28-23(29-24)16-4-3-10-27-12-16)13-17-7-8-18(35-17)14-31-25(33)19-5-1-2-6-20(19)26(31)34/h1-8,10,12H,9,11,13-15H2,(H,28,29,32). The summed E-state index contributed by atoms with van der Waals surface area (Å²) in [6.45, 7) is 1.77. The number of H-pyrrole nitrogens is 1. The van der Waals surface area contributed by atoms with Crippen LogP contribution in [0.2, 0.25) is 0 Å². The Morgan fingerprint density at radius 1 is 0.914 bits per heavy atom. The number of benzene rings is 1. The van der Waals surface area contributed by atoms with Crippen LogP contribution >= 0.6 is 0 Å². The van der Waals surface area contributed by atoms with Gasteiger partial charge in [0.25, 0.3) is 17.4 Å². The number of carbonyl (C=O) groups is 2. The van der Waals surface area contributed by atoms with Crippen LogP contribution in [-0.2, 0) is 26.1 Å². The van der Waals surface area contributed by atoms with E-state index in [-0.39, 0.29) is 23.9 Å². The van der Waals surface area contributed by atoms with Gasteiger partial charge in [-0.3, -0.25) is 29.2 Å². The normalized spacial score (nSPS) is 15.4. The zero-order chi connectivity index (χ0) is 23.9. The number of pyridine rings is 1. The van der Waals surface area contributed by atoms with E-state index in [1.54, 1.807) is 42.7 Å². The lowest BCUT2D eigenvalue weighted by molar-refractivity contribution is 0.0630. The van der Waals surface area contributed by atoms with Crippen molar-refractivity contribution < 1.29 is 14.0 Å². The predicted molar refractivity (Wildman–Crippen MR) is 125 cm³/mol. The molecular weight excluding hydrogens is 446 g/mol. The fourth-order valence-electron chi connectivity index (χ4n) is 4.61. The smallest absolute Gasteiger partial charge is 0.261 e. The maximum atomic E-state index is 12.8. The van der Waals surface area contributed by atoms with Gasteiger partial charge in [0.05, 0.1) is 35.5 Å². The van der Waals surface area contributed by atoms with Crippen molar-refractivity contribution in [2.24, 2.45) is 0 Å². The minimum atomic E-state index is -0.312. The van der Waals surface area contributed by atoms with Gasteiger partial charge in [0.1, 0.15) is 17.3 Å². The second kappa shape index (κ2) is 8.44. The molecule has 2 amide bonds. The van der Waals surface area contributed by atoms with Gasteiger partial charge in [0.15, 0.2) is 0 Å². The van der Waals surface area contributed by atoms with Crippen molar-refractivity contribution in [1.82, 2.24) is 24.8 Å². The Morgan fingerprint density at radius 2 is 1.66 bits per heavy atom. The highest BCUT2D eigenvalue weighted by Gasteiger charge is 2.35. The molecule has 0 saturated carbocycles. The van der Waals surface area contributed by atoms with Crippen LogP contribution in [0.25, 0.3) is 11.4 Å². The highest BCUT2D eigenvalue weighted by atomic mass is 16.3. The summed E-state index contributed by atoms with van der Waals surface area (Å²) in [6.07, 6.45) is 4.00. The van der Waals surface area contributed by atoms with Gasteiger partial charge < -0.3 is 9.40 Å². The Kier molecular flexibility index (Phi) is 5.11. The van der Waals surface area contributed by atoms with Crippen molar-refractivity contribution in [3.63, 3.8) is 0 Å². The second-order valence-electron chi connectivity index (χ2n) is 8.65. The molecule has 0 atom stereocenters. The van der Waals surface area contributed by atoms with Crippen LogP contribution in [0.1, 0.15) is 43.5 Å². The van der Waals surface area contributed by atoms with Gasteiger partial charge in [0.2, 0.25) is 0 Å². The van der Waals surface area contributed by atoms with E-state index in [4.69, 9.17) is 4.42 Å². The first-order chi connectivity index (χ1) is 17.1. The Morgan fingerprint density at radius 3 is 2.37 bits per heavy atom. The molecule has 35 heavy (non-hydrogen) atoms. The number of amides is 2. The number of carbonyl (C=O) groups excluding carboxylic acids is 2. The van der Waals surface area contributed by atoms with E-state index in [9.17, 15) is 14.4 Å². The summed E-state index contributed by atoms with van der Waals surface area (Å²) in [6, 6.07) is 14.1. The van der Waals surface area contributed by atoms with E-state index in [2.05, 4.69) is 19.9 Å². The van der Waals surface area contributed by atoms with Crippen molar-refractivity contribution in [1.29, 1.82) is 0 Å². The molecule has 2 aliphatic heterocycles. The Labute approximate surface area is 200 Å². The Balaban J connectivity index is 1.14. The molecular formula is C26H21N5O4. The molecule has 1 aromatic carbocycles. The third kappa shape index (κ3) is 3.85. The van der Waals surface area contributed by atoms with Gasteiger partial charge in [0, 0.05) is 37.5 Å². The molecule has 5 heterocycles. The Hall–Kier alpha value is -4.37. The number of nitrogens with one attached hydrogen (secondary N) is 1. The van der Waals surface area contributed by atoms with E-state index < -0.39 is 0 Å². The van der Waals surface area contributed by atoms with Crippen molar-refractivity contribution in [2.75, 3.05) is 6.54 Å². The molecule has 0 bridgehead atoms. The summed E-state index contributed by atoms with van der Waals surface area (Å²) in [5, 5.41) is 0. The van der Waals surface area contributed by atoms with Gasteiger partial charge >= 0.3 is 0 Å². The molecule has 9 nitrogen and oxygen atoms in total. The maximum Gasteiger partial charge on any atom is 0.261 e. The molecule has 2 aliphatic rings. The van der Waals surface area contributed by atoms with Crippen LogP contribution < -0.4 is 5.56 Å². The zero-order valence-electron chi connectivity index (χ0n) is 18.7. The largest absolute Gasteiger partial charge is 0.463 e. The van der Waals surface area contributed by atoms with Crippen LogP contribution in [0.5, 0.6) is 0 Å². The van der Waals surface area contributed by atoms with Gasteiger partial charge in [-0.2, -0.15) is 0 Å². The fourth-order valence-corrected chi connectivity index (χ4v) is 4.61. The first-order valence-corrected chi connectivity index (χ1v) is 11.3. The average Bonchev–Trinajstić information content (AvgIpc) is 3.43. The average molecular weight is 467 g/mol. The predicted octanol–water partition coefficient (Wildman–Crippen LogP) is 2.78. The molecule has 4 aromatic rings.